The Balaban J connectivity index is 1.80. The number of hydrogen-bond donors (Lipinski definition) is 2. The zero-order chi connectivity index (χ0) is 23.8. The molecule has 0 bridgehead atoms. The Hall–Kier alpha value is -3.34. The Kier molecular flexibility index (Phi) is 5.91. The second kappa shape index (κ2) is 8.54. The van der Waals surface area contributed by atoms with E-state index in [4.69, 9.17) is 4.74 Å². The van der Waals surface area contributed by atoms with Crippen molar-refractivity contribution in [3.63, 3.8) is 0 Å². The Morgan fingerprint density at radius 1 is 0.788 bits per heavy atom. The molecule has 0 unspecified atom stereocenters. The quantitative estimate of drug-likeness (QED) is 0.386. The fraction of sp³-hybridized carbons (Fsp3) is 0.130. The van der Waals surface area contributed by atoms with Crippen LogP contribution in [0.4, 0.5) is 5.82 Å². The monoisotopic (exact) mass is 485 g/mol. The number of benzene rings is 3. The maximum absolute atomic E-state index is 13.7. The molecule has 0 saturated heterocycles. The lowest BCUT2D eigenvalue weighted by Gasteiger charge is -2.15. The van der Waals surface area contributed by atoms with Crippen molar-refractivity contribution in [3.8, 4) is 5.75 Å². The number of nitrogens with zero attached hydrogens (tertiary/aromatic N) is 1. The number of para-hydroxylation sites is 1. The van der Waals surface area contributed by atoms with Crippen LogP contribution in [0.2, 0.25) is 0 Å². The molecular weight excluding hydrogens is 462 g/mol. The van der Waals surface area contributed by atoms with Crippen molar-refractivity contribution in [1.29, 1.82) is 0 Å². The Bertz CT molecular complexity index is 1540. The minimum atomic E-state index is -4.11. The number of hydrazine groups is 1. The number of ether oxygens (including phenoxy) is 1. The van der Waals surface area contributed by atoms with Crippen LogP contribution < -0.4 is 15.0 Å². The Morgan fingerprint density at radius 2 is 1.48 bits per heavy atom. The smallest absolute Gasteiger partial charge is 0.270 e. The van der Waals surface area contributed by atoms with Gasteiger partial charge in [-0.25, -0.2) is 20.8 Å². The molecule has 0 aliphatic heterocycles. The minimum Gasteiger partial charge on any atom is -0.497 e. The van der Waals surface area contributed by atoms with Gasteiger partial charge in [-0.1, -0.05) is 35.9 Å². The van der Waals surface area contributed by atoms with Crippen LogP contribution in [0.3, 0.4) is 0 Å². The molecule has 0 atom stereocenters. The van der Waals surface area contributed by atoms with E-state index in [1.54, 1.807) is 55.5 Å². The minimum absolute atomic E-state index is 0.0187. The summed E-state index contributed by atoms with van der Waals surface area (Å²) in [6.45, 7) is 3.62. The van der Waals surface area contributed by atoms with Crippen molar-refractivity contribution < 1.29 is 21.6 Å². The number of nitrogens with one attached hydrogen (secondary N) is 2. The molecule has 8 nitrogen and oxygen atoms in total. The first-order valence-electron chi connectivity index (χ1n) is 9.98. The maximum atomic E-state index is 13.7. The van der Waals surface area contributed by atoms with Crippen LogP contribution in [0.15, 0.2) is 82.6 Å². The van der Waals surface area contributed by atoms with E-state index in [0.29, 0.717) is 22.2 Å². The second-order valence-corrected chi connectivity index (χ2v) is 11.1. The van der Waals surface area contributed by atoms with Crippen molar-refractivity contribution in [2.24, 2.45) is 0 Å². The molecule has 0 saturated carbocycles. The molecule has 2 N–H and O–H groups in total. The summed E-state index contributed by atoms with van der Waals surface area (Å²) >= 11 is 0. The van der Waals surface area contributed by atoms with Crippen LogP contribution in [0, 0.1) is 13.8 Å². The molecule has 0 spiro atoms. The summed E-state index contributed by atoms with van der Waals surface area (Å²) in [6.07, 6.45) is 0. The highest BCUT2D eigenvalue weighted by atomic mass is 32.2. The van der Waals surface area contributed by atoms with Crippen LogP contribution in [-0.4, -0.2) is 27.9 Å². The van der Waals surface area contributed by atoms with Crippen LogP contribution in [0.5, 0.6) is 5.75 Å². The van der Waals surface area contributed by atoms with Gasteiger partial charge in [0, 0.05) is 11.5 Å². The molecule has 1 heterocycles. The third-order valence-electron chi connectivity index (χ3n) is 5.11. The highest BCUT2D eigenvalue weighted by Crippen LogP contribution is 2.30. The first-order valence-corrected chi connectivity index (χ1v) is 12.9. The van der Waals surface area contributed by atoms with Crippen molar-refractivity contribution in [2.75, 3.05) is 12.5 Å². The molecule has 0 fully saturated rings. The van der Waals surface area contributed by atoms with Gasteiger partial charge >= 0.3 is 0 Å². The lowest BCUT2D eigenvalue weighted by molar-refractivity contribution is 0.413. The summed E-state index contributed by atoms with van der Waals surface area (Å²) in [5.74, 6) is 0.451. The summed E-state index contributed by atoms with van der Waals surface area (Å²) in [4.78, 5) is 2.35. The van der Waals surface area contributed by atoms with Gasteiger partial charge in [0.2, 0.25) is 0 Å². The van der Waals surface area contributed by atoms with E-state index >= 15 is 0 Å². The predicted molar refractivity (Wildman–Crippen MR) is 127 cm³/mol. The molecule has 4 aromatic rings. The second-order valence-electron chi connectivity index (χ2n) is 7.59. The van der Waals surface area contributed by atoms with Crippen molar-refractivity contribution in [1.82, 2.24) is 8.80 Å². The first-order chi connectivity index (χ1) is 15.6. The molecule has 0 amide bonds. The molecule has 0 aliphatic rings. The number of aryl methyl sites for hydroxylation is 2. The predicted octanol–water partition coefficient (Wildman–Crippen LogP) is 3.81. The maximum Gasteiger partial charge on any atom is 0.270 e. The zero-order valence-corrected chi connectivity index (χ0v) is 19.9. The van der Waals surface area contributed by atoms with Crippen LogP contribution in [-0.2, 0) is 20.0 Å². The highest BCUT2D eigenvalue weighted by molar-refractivity contribution is 7.90. The molecule has 10 heteroatoms. The zero-order valence-electron chi connectivity index (χ0n) is 18.2. The van der Waals surface area contributed by atoms with Crippen LogP contribution in [0.1, 0.15) is 11.1 Å². The number of anilines is 1. The third kappa shape index (κ3) is 4.45. The normalized spacial score (nSPS) is 12.1. The summed E-state index contributed by atoms with van der Waals surface area (Å²) in [5, 5.41) is 0.623. The molecule has 0 radical (unpaired) electrons. The molecule has 1 aromatic heterocycles. The molecule has 4 rings (SSSR count). The van der Waals surface area contributed by atoms with Gasteiger partial charge < -0.3 is 4.74 Å². The summed E-state index contributed by atoms with van der Waals surface area (Å²) in [7, 11) is -6.59. The van der Waals surface area contributed by atoms with Crippen LogP contribution >= 0.6 is 0 Å². The number of rotatable bonds is 7. The van der Waals surface area contributed by atoms with E-state index in [-0.39, 0.29) is 15.6 Å². The topological polar surface area (TPSA) is 106 Å². The van der Waals surface area contributed by atoms with E-state index in [1.807, 2.05) is 6.92 Å². The standard InChI is InChI=1S/C23H23N3O5S2/c1-16-8-10-20(11-9-16)32(27,28)25-24-23-14-18-6-4-5-7-22(18)26(23)33(29,30)21-13-17(2)12-19(15-21)31-3/h4-15,24-25H,1-3H3. The average Bonchev–Trinajstić information content (AvgIpc) is 3.17. The van der Waals surface area contributed by atoms with E-state index in [1.165, 1.54) is 31.4 Å². The molecule has 3 aromatic carbocycles. The van der Waals surface area contributed by atoms with Gasteiger partial charge in [-0.05, 0) is 55.8 Å². The van der Waals surface area contributed by atoms with Crippen molar-refractivity contribution in [2.45, 2.75) is 23.6 Å². The number of fused-ring (bicyclic) bond motifs is 1. The average molecular weight is 486 g/mol. The van der Waals surface area contributed by atoms with Gasteiger partial charge in [0.25, 0.3) is 20.0 Å². The first kappa shape index (κ1) is 22.8. The van der Waals surface area contributed by atoms with Crippen molar-refractivity contribution in [3.05, 3.63) is 83.9 Å². The highest BCUT2D eigenvalue weighted by Gasteiger charge is 2.25. The number of hydrogen-bond acceptors (Lipinski definition) is 6. The van der Waals surface area contributed by atoms with Gasteiger partial charge in [-0.15, -0.1) is 4.83 Å². The number of methoxy groups -OCH3 is 1. The van der Waals surface area contributed by atoms with E-state index < -0.39 is 20.0 Å². The Labute approximate surface area is 192 Å². The van der Waals surface area contributed by atoms with Gasteiger partial charge in [0.05, 0.1) is 22.4 Å². The van der Waals surface area contributed by atoms with E-state index in [9.17, 15) is 16.8 Å². The Morgan fingerprint density at radius 3 is 2.18 bits per heavy atom. The lowest BCUT2D eigenvalue weighted by atomic mass is 10.2. The van der Waals surface area contributed by atoms with E-state index in [0.717, 1.165) is 9.54 Å². The van der Waals surface area contributed by atoms with E-state index in [2.05, 4.69) is 10.3 Å². The number of aromatic nitrogens is 1. The lowest BCUT2D eigenvalue weighted by Crippen LogP contribution is -2.31. The van der Waals surface area contributed by atoms with Crippen LogP contribution in [0.25, 0.3) is 10.9 Å². The molecule has 0 aliphatic carbocycles. The van der Waals surface area contributed by atoms with Gasteiger partial charge in [0.15, 0.2) is 0 Å². The largest absolute Gasteiger partial charge is 0.497 e. The molecule has 33 heavy (non-hydrogen) atoms. The van der Waals surface area contributed by atoms with Gasteiger partial charge in [-0.3, -0.25) is 5.43 Å². The SMILES string of the molecule is COc1cc(C)cc(S(=O)(=O)n2c(NNS(=O)(=O)c3ccc(C)cc3)cc3ccccc32)c1. The summed E-state index contributed by atoms with van der Waals surface area (Å²) in [5.41, 5.74) is 4.61. The fourth-order valence-electron chi connectivity index (χ4n) is 3.46. The molecule has 172 valence electrons. The summed E-state index contributed by atoms with van der Waals surface area (Å²) < 4.78 is 59.1. The number of sulfonamides is 1. The molecular formula is C23H23N3O5S2. The van der Waals surface area contributed by atoms with Gasteiger partial charge in [0.1, 0.15) is 11.6 Å². The third-order valence-corrected chi connectivity index (χ3v) is 8.08. The van der Waals surface area contributed by atoms with Gasteiger partial charge in [-0.2, -0.15) is 0 Å². The summed E-state index contributed by atoms with van der Waals surface area (Å²) in [6, 6.07) is 19.5. The van der Waals surface area contributed by atoms with Crippen molar-refractivity contribution >= 4 is 36.8 Å². The fourth-order valence-corrected chi connectivity index (χ4v) is 5.90.